The Morgan fingerprint density at radius 3 is 2.13 bits per heavy atom. The smallest absolute Gasteiger partial charge is 0.207 e. The lowest BCUT2D eigenvalue weighted by atomic mass is 9.88. The molecule has 2 atom stereocenters. The maximum absolute atomic E-state index is 13.0. The van der Waals surface area contributed by atoms with Crippen molar-refractivity contribution in [3.63, 3.8) is 0 Å². The van der Waals surface area contributed by atoms with Gasteiger partial charge in [0.05, 0.1) is 10.9 Å². The van der Waals surface area contributed by atoms with Gasteiger partial charge >= 0.3 is 0 Å². The second kappa shape index (κ2) is 6.10. The van der Waals surface area contributed by atoms with Crippen LogP contribution in [0, 0.1) is 5.92 Å². The Bertz CT molecular complexity index is 767. The highest BCUT2D eigenvalue weighted by molar-refractivity contribution is 7.89. The van der Waals surface area contributed by atoms with Gasteiger partial charge in [0.25, 0.3) is 0 Å². The standard InChI is InChI=1S/C19H23NO2S/c1-14(2)16-9-11-18(12-10-16)23(21,22)20-13-15(3)19(20)17-7-5-4-6-8-17/h4-12,14-15,19H,13H2,1-3H3. The number of benzene rings is 2. The molecule has 2 unspecified atom stereocenters. The fourth-order valence-corrected chi connectivity index (χ4v) is 5.01. The second-order valence-corrected chi connectivity index (χ2v) is 8.52. The van der Waals surface area contributed by atoms with E-state index in [1.807, 2.05) is 42.5 Å². The molecule has 1 aliphatic rings. The molecule has 0 spiro atoms. The maximum Gasteiger partial charge on any atom is 0.243 e. The lowest BCUT2D eigenvalue weighted by molar-refractivity contribution is 0.116. The van der Waals surface area contributed by atoms with E-state index in [4.69, 9.17) is 0 Å². The fourth-order valence-electron chi connectivity index (χ4n) is 3.20. The SMILES string of the molecule is CC(C)c1ccc(S(=O)(=O)N2CC(C)C2c2ccccc2)cc1. The van der Waals surface area contributed by atoms with Crippen LogP contribution in [-0.4, -0.2) is 19.3 Å². The van der Waals surface area contributed by atoms with Crippen molar-refractivity contribution >= 4 is 10.0 Å². The minimum absolute atomic E-state index is 0.0639. The van der Waals surface area contributed by atoms with E-state index in [-0.39, 0.29) is 6.04 Å². The van der Waals surface area contributed by atoms with Crippen LogP contribution in [0.3, 0.4) is 0 Å². The molecule has 23 heavy (non-hydrogen) atoms. The van der Waals surface area contributed by atoms with Crippen LogP contribution in [0.4, 0.5) is 0 Å². The first-order valence-corrected chi connectivity index (χ1v) is 9.52. The van der Waals surface area contributed by atoms with Crippen LogP contribution in [0.25, 0.3) is 0 Å². The molecule has 0 N–H and O–H groups in total. The molecular weight excluding hydrogens is 306 g/mol. The minimum atomic E-state index is -3.44. The highest BCUT2D eigenvalue weighted by atomic mass is 32.2. The minimum Gasteiger partial charge on any atom is -0.207 e. The van der Waals surface area contributed by atoms with Crippen molar-refractivity contribution in [2.75, 3.05) is 6.54 Å². The van der Waals surface area contributed by atoms with Crippen LogP contribution in [-0.2, 0) is 10.0 Å². The van der Waals surface area contributed by atoms with Crippen LogP contribution >= 0.6 is 0 Å². The Kier molecular flexibility index (Phi) is 4.30. The Morgan fingerprint density at radius 1 is 1.00 bits per heavy atom. The summed E-state index contributed by atoms with van der Waals surface area (Å²) in [6, 6.07) is 17.1. The molecule has 3 rings (SSSR count). The van der Waals surface area contributed by atoms with Gasteiger partial charge in [0.1, 0.15) is 0 Å². The maximum atomic E-state index is 13.0. The van der Waals surface area contributed by atoms with E-state index < -0.39 is 10.0 Å². The van der Waals surface area contributed by atoms with Gasteiger partial charge in [0.2, 0.25) is 10.0 Å². The van der Waals surface area contributed by atoms with Crippen LogP contribution < -0.4 is 0 Å². The number of hydrogen-bond acceptors (Lipinski definition) is 2. The molecule has 2 aromatic carbocycles. The Morgan fingerprint density at radius 2 is 1.61 bits per heavy atom. The normalized spacial score (nSPS) is 22.1. The van der Waals surface area contributed by atoms with Crippen LogP contribution in [0.1, 0.15) is 43.9 Å². The van der Waals surface area contributed by atoms with Crippen molar-refractivity contribution in [3.8, 4) is 0 Å². The van der Waals surface area contributed by atoms with Gasteiger partial charge in [0.15, 0.2) is 0 Å². The van der Waals surface area contributed by atoms with E-state index >= 15 is 0 Å². The number of sulfonamides is 1. The molecule has 0 aromatic heterocycles. The predicted octanol–water partition coefficient (Wildman–Crippen LogP) is 4.19. The first kappa shape index (κ1) is 16.2. The van der Waals surface area contributed by atoms with E-state index in [2.05, 4.69) is 20.8 Å². The highest BCUT2D eigenvalue weighted by Crippen LogP contribution is 2.42. The first-order chi connectivity index (χ1) is 10.9. The number of nitrogens with zero attached hydrogens (tertiary/aromatic N) is 1. The van der Waals surface area contributed by atoms with E-state index in [9.17, 15) is 8.42 Å². The lowest BCUT2D eigenvalue weighted by Crippen LogP contribution is -2.51. The van der Waals surface area contributed by atoms with Crippen molar-refractivity contribution in [2.45, 2.75) is 37.6 Å². The largest absolute Gasteiger partial charge is 0.243 e. The third-order valence-corrected chi connectivity index (χ3v) is 6.47. The molecule has 1 aliphatic heterocycles. The molecule has 4 heteroatoms. The topological polar surface area (TPSA) is 37.4 Å². The summed E-state index contributed by atoms with van der Waals surface area (Å²) >= 11 is 0. The van der Waals surface area contributed by atoms with E-state index in [1.165, 1.54) is 0 Å². The summed E-state index contributed by atoms with van der Waals surface area (Å²) in [4.78, 5) is 0.384. The van der Waals surface area contributed by atoms with Crippen molar-refractivity contribution in [2.24, 2.45) is 5.92 Å². The Hall–Kier alpha value is -1.65. The monoisotopic (exact) mass is 329 g/mol. The first-order valence-electron chi connectivity index (χ1n) is 8.08. The molecule has 122 valence electrons. The molecular formula is C19H23NO2S. The summed E-state index contributed by atoms with van der Waals surface area (Å²) in [7, 11) is -3.44. The third kappa shape index (κ3) is 2.93. The van der Waals surface area contributed by atoms with Crippen molar-refractivity contribution < 1.29 is 8.42 Å². The van der Waals surface area contributed by atoms with Crippen LogP contribution in [0.15, 0.2) is 59.5 Å². The van der Waals surface area contributed by atoms with Gasteiger partial charge in [-0.25, -0.2) is 8.42 Å². The van der Waals surface area contributed by atoms with E-state index in [0.29, 0.717) is 23.3 Å². The average molecular weight is 329 g/mol. The second-order valence-electron chi connectivity index (χ2n) is 6.63. The summed E-state index contributed by atoms with van der Waals surface area (Å²) in [6.07, 6.45) is 0. The molecule has 1 fully saturated rings. The van der Waals surface area contributed by atoms with Gasteiger partial charge in [-0.05, 0) is 35.1 Å². The molecule has 2 aromatic rings. The fraction of sp³-hybridized carbons (Fsp3) is 0.368. The third-order valence-electron chi connectivity index (χ3n) is 4.61. The molecule has 3 nitrogen and oxygen atoms in total. The quantitative estimate of drug-likeness (QED) is 0.843. The molecule has 0 saturated carbocycles. The predicted molar refractivity (Wildman–Crippen MR) is 92.8 cm³/mol. The van der Waals surface area contributed by atoms with Gasteiger partial charge < -0.3 is 0 Å². The zero-order valence-corrected chi connectivity index (χ0v) is 14.6. The molecule has 0 aliphatic carbocycles. The van der Waals surface area contributed by atoms with Crippen molar-refractivity contribution in [1.29, 1.82) is 0 Å². The van der Waals surface area contributed by atoms with E-state index in [0.717, 1.165) is 11.1 Å². The van der Waals surface area contributed by atoms with Gasteiger partial charge in [-0.2, -0.15) is 4.31 Å². The highest BCUT2D eigenvalue weighted by Gasteiger charge is 2.44. The van der Waals surface area contributed by atoms with Gasteiger partial charge in [-0.1, -0.05) is 63.2 Å². The van der Waals surface area contributed by atoms with Gasteiger partial charge in [0, 0.05) is 6.54 Å². The summed E-state index contributed by atoms with van der Waals surface area (Å²) in [5, 5.41) is 0. The van der Waals surface area contributed by atoms with E-state index in [1.54, 1.807) is 16.4 Å². The molecule has 1 saturated heterocycles. The summed E-state index contributed by atoms with van der Waals surface area (Å²) < 4.78 is 27.5. The van der Waals surface area contributed by atoms with Crippen molar-refractivity contribution in [1.82, 2.24) is 4.31 Å². The molecule has 0 amide bonds. The Balaban J connectivity index is 1.90. The summed E-state index contributed by atoms with van der Waals surface area (Å²) in [5.41, 5.74) is 2.22. The number of rotatable bonds is 4. The van der Waals surface area contributed by atoms with Crippen LogP contribution in [0.5, 0.6) is 0 Å². The summed E-state index contributed by atoms with van der Waals surface area (Å²) in [5.74, 6) is 0.731. The van der Waals surface area contributed by atoms with Gasteiger partial charge in [-0.3, -0.25) is 0 Å². The average Bonchev–Trinajstić information content (AvgIpc) is 2.53. The molecule has 1 heterocycles. The Labute approximate surface area is 139 Å². The van der Waals surface area contributed by atoms with Gasteiger partial charge in [-0.15, -0.1) is 0 Å². The molecule has 0 bridgehead atoms. The zero-order valence-electron chi connectivity index (χ0n) is 13.8. The summed E-state index contributed by atoms with van der Waals surface area (Å²) in [6.45, 7) is 6.89. The lowest BCUT2D eigenvalue weighted by Gasteiger charge is -2.45. The molecule has 0 radical (unpaired) electrons. The number of hydrogen-bond donors (Lipinski definition) is 0. The van der Waals surface area contributed by atoms with Crippen LogP contribution in [0.2, 0.25) is 0 Å². The van der Waals surface area contributed by atoms with Crippen molar-refractivity contribution in [3.05, 3.63) is 65.7 Å². The zero-order chi connectivity index (χ0) is 16.6.